The van der Waals surface area contributed by atoms with Gasteiger partial charge in [0.1, 0.15) is 0 Å². The standard InChI is InChI=1S/C21H18N6S/c1-13-4-2-3-5-14(13)11-22-21-25-18-8-9-28-19(18)20(26-21)24-16-6-7-17-15(10-16)12-23-27-17/h2-10,12H,11H2,1H3,(H,23,27)(H2,22,24,25,26). The molecule has 0 spiro atoms. The summed E-state index contributed by atoms with van der Waals surface area (Å²) in [6.45, 7) is 2.79. The Morgan fingerprint density at radius 1 is 1.07 bits per heavy atom. The van der Waals surface area contributed by atoms with Gasteiger partial charge in [0.15, 0.2) is 5.82 Å². The third-order valence-corrected chi connectivity index (χ3v) is 5.62. The molecule has 5 rings (SSSR count). The number of fused-ring (bicyclic) bond motifs is 2. The van der Waals surface area contributed by atoms with Crippen molar-refractivity contribution in [2.45, 2.75) is 13.5 Å². The quantitative estimate of drug-likeness (QED) is 0.385. The second-order valence-electron chi connectivity index (χ2n) is 6.61. The first kappa shape index (κ1) is 16.7. The van der Waals surface area contributed by atoms with Crippen molar-refractivity contribution in [3.8, 4) is 0 Å². The van der Waals surface area contributed by atoms with Gasteiger partial charge in [-0.3, -0.25) is 5.10 Å². The molecule has 6 nitrogen and oxygen atoms in total. The fourth-order valence-corrected chi connectivity index (χ4v) is 3.94. The van der Waals surface area contributed by atoms with Gasteiger partial charge in [0.05, 0.1) is 21.9 Å². The highest BCUT2D eigenvalue weighted by atomic mass is 32.1. The van der Waals surface area contributed by atoms with Gasteiger partial charge in [0.25, 0.3) is 0 Å². The van der Waals surface area contributed by atoms with E-state index in [0.29, 0.717) is 12.5 Å². The lowest BCUT2D eigenvalue weighted by atomic mass is 10.1. The average molecular weight is 386 g/mol. The Balaban J connectivity index is 1.46. The summed E-state index contributed by atoms with van der Waals surface area (Å²) in [6.07, 6.45) is 1.82. The molecule has 0 unspecified atom stereocenters. The molecule has 0 aliphatic heterocycles. The van der Waals surface area contributed by atoms with Crippen LogP contribution in [0.4, 0.5) is 17.5 Å². The monoisotopic (exact) mass is 386 g/mol. The molecule has 28 heavy (non-hydrogen) atoms. The number of aryl methyl sites for hydroxylation is 1. The summed E-state index contributed by atoms with van der Waals surface area (Å²) >= 11 is 1.63. The second kappa shape index (κ2) is 6.94. The van der Waals surface area contributed by atoms with E-state index in [0.717, 1.165) is 32.6 Å². The Morgan fingerprint density at radius 3 is 2.93 bits per heavy atom. The van der Waals surface area contributed by atoms with Gasteiger partial charge in [-0.1, -0.05) is 24.3 Å². The van der Waals surface area contributed by atoms with Crippen LogP contribution in [0.5, 0.6) is 0 Å². The van der Waals surface area contributed by atoms with Gasteiger partial charge in [0, 0.05) is 17.6 Å². The number of H-pyrrole nitrogens is 1. The van der Waals surface area contributed by atoms with Crippen LogP contribution in [-0.4, -0.2) is 20.2 Å². The first-order valence-electron chi connectivity index (χ1n) is 9.00. The molecular weight excluding hydrogens is 368 g/mol. The molecule has 0 atom stereocenters. The molecule has 0 fully saturated rings. The van der Waals surface area contributed by atoms with E-state index < -0.39 is 0 Å². The van der Waals surface area contributed by atoms with E-state index in [4.69, 9.17) is 4.98 Å². The topological polar surface area (TPSA) is 78.5 Å². The average Bonchev–Trinajstić information content (AvgIpc) is 3.36. The summed E-state index contributed by atoms with van der Waals surface area (Å²) in [5.74, 6) is 1.41. The number of aromatic amines is 1. The molecule has 0 bridgehead atoms. The maximum Gasteiger partial charge on any atom is 0.225 e. The third kappa shape index (κ3) is 3.16. The molecule has 3 aromatic heterocycles. The van der Waals surface area contributed by atoms with Gasteiger partial charge < -0.3 is 10.6 Å². The summed E-state index contributed by atoms with van der Waals surface area (Å²) in [7, 11) is 0. The van der Waals surface area contributed by atoms with Crippen LogP contribution in [0.25, 0.3) is 21.1 Å². The van der Waals surface area contributed by atoms with Crippen LogP contribution in [0.3, 0.4) is 0 Å². The molecule has 0 aliphatic rings. The molecule has 0 radical (unpaired) electrons. The van der Waals surface area contributed by atoms with Gasteiger partial charge >= 0.3 is 0 Å². The summed E-state index contributed by atoms with van der Waals surface area (Å²) in [6, 6.07) is 16.4. The van der Waals surface area contributed by atoms with Gasteiger partial charge in [-0.05, 0) is 47.7 Å². The fourth-order valence-electron chi connectivity index (χ4n) is 3.17. The number of thiophene rings is 1. The van der Waals surface area contributed by atoms with Crippen LogP contribution in [0, 0.1) is 6.92 Å². The number of aromatic nitrogens is 4. The SMILES string of the molecule is Cc1ccccc1CNc1nc(Nc2ccc3[nH]ncc3c2)c2sccc2n1. The maximum absolute atomic E-state index is 4.73. The molecule has 0 saturated heterocycles. The van der Waals surface area contributed by atoms with E-state index in [9.17, 15) is 0 Å². The normalized spacial score (nSPS) is 11.2. The maximum atomic E-state index is 4.73. The largest absolute Gasteiger partial charge is 0.350 e. The Morgan fingerprint density at radius 2 is 2.00 bits per heavy atom. The molecular formula is C21H18N6S. The lowest BCUT2D eigenvalue weighted by molar-refractivity contribution is 1.06. The summed E-state index contributed by atoms with van der Waals surface area (Å²) < 4.78 is 1.04. The van der Waals surface area contributed by atoms with Gasteiger partial charge in [-0.2, -0.15) is 10.1 Å². The molecule has 0 saturated carbocycles. The van der Waals surface area contributed by atoms with Crippen LogP contribution >= 0.6 is 11.3 Å². The smallest absolute Gasteiger partial charge is 0.225 e. The fraction of sp³-hybridized carbons (Fsp3) is 0.0952. The van der Waals surface area contributed by atoms with Crippen LogP contribution in [-0.2, 0) is 6.54 Å². The molecule has 3 N–H and O–H groups in total. The molecule has 138 valence electrons. The van der Waals surface area contributed by atoms with Crippen molar-refractivity contribution < 1.29 is 0 Å². The number of hydrogen-bond donors (Lipinski definition) is 3. The minimum absolute atomic E-state index is 0.612. The van der Waals surface area contributed by atoms with Crippen molar-refractivity contribution in [2.24, 2.45) is 0 Å². The van der Waals surface area contributed by atoms with Crippen molar-refractivity contribution in [1.29, 1.82) is 0 Å². The van der Waals surface area contributed by atoms with E-state index in [1.807, 2.05) is 41.9 Å². The zero-order valence-electron chi connectivity index (χ0n) is 15.2. The number of rotatable bonds is 5. The van der Waals surface area contributed by atoms with Gasteiger partial charge in [0.2, 0.25) is 5.95 Å². The summed E-state index contributed by atoms with van der Waals surface area (Å²) in [4.78, 5) is 9.39. The first-order chi connectivity index (χ1) is 13.8. The summed E-state index contributed by atoms with van der Waals surface area (Å²) in [5.41, 5.74) is 5.39. The zero-order valence-corrected chi connectivity index (χ0v) is 16.0. The van der Waals surface area contributed by atoms with E-state index >= 15 is 0 Å². The zero-order chi connectivity index (χ0) is 18.9. The molecule has 2 aromatic carbocycles. The minimum Gasteiger partial charge on any atom is -0.350 e. The van der Waals surface area contributed by atoms with E-state index in [1.54, 1.807) is 11.3 Å². The molecule has 7 heteroatoms. The van der Waals surface area contributed by atoms with Crippen LogP contribution < -0.4 is 10.6 Å². The van der Waals surface area contributed by atoms with E-state index in [-0.39, 0.29) is 0 Å². The predicted molar refractivity (Wildman–Crippen MR) is 115 cm³/mol. The van der Waals surface area contributed by atoms with E-state index in [2.05, 4.69) is 50.9 Å². The van der Waals surface area contributed by atoms with Crippen molar-refractivity contribution in [1.82, 2.24) is 20.2 Å². The minimum atomic E-state index is 0.612. The molecule has 0 amide bonds. The van der Waals surface area contributed by atoms with Crippen molar-refractivity contribution in [3.63, 3.8) is 0 Å². The van der Waals surface area contributed by atoms with Crippen molar-refractivity contribution in [2.75, 3.05) is 10.6 Å². The van der Waals surface area contributed by atoms with Crippen LogP contribution in [0.2, 0.25) is 0 Å². The Bertz CT molecular complexity index is 1270. The number of anilines is 3. The van der Waals surface area contributed by atoms with Crippen LogP contribution in [0.1, 0.15) is 11.1 Å². The van der Waals surface area contributed by atoms with Crippen LogP contribution in [0.15, 0.2) is 60.1 Å². The first-order valence-corrected chi connectivity index (χ1v) is 9.88. The number of nitrogens with zero attached hydrogens (tertiary/aromatic N) is 3. The Labute approximate surface area is 165 Å². The number of benzene rings is 2. The third-order valence-electron chi connectivity index (χ3n) is 4.70. The molecule has 3 heterocycles. The van der Waals surface area contributed by atoms with Crippen molar-refractivity contribution >= 4 is 49.9 Å². The highest BCUT2D eigenvalue weighted by Gasteiger charge is 2.10. The molecule has 0 aliphatic carbocycles. The van der Waals surface area contributed by atoms with Gasteiger partial charge in [-0.25, -0.2) is 4.98 Å². The highest BCUT2D eigenvalue weighted by molar-refractivity contribution is 7.17. The van der Waals surface area contributed by atoms with E-state index in [1.165, 1.54) is 11.1 Å². The van der Waals surface area contributed by atoms with Gasteiger partial charge in [-0.15, -0.1) is 11.3 Å². The Kier molecular flexibility index (Phi) is 4.14. The number of nitrogens with one attached hydrogen (secondary N) is 3. The number of hydrogen-bond acceptors (Lipinski definition) is 6. The lowest BCUT2D eigenvalue weighted by Crippen LogP contribution is -2.06. The predicted octanol–water partition coefficient (Wildman–Crippen LogP) is 5.23. The lowest BCUT2D eigenvalue weighted by Gasteiger charge is -2.11. The Hall–Kier alpha value is -3.45. The van der Waals surface area contributed by atoms with Crippen molar-refractivity contribution in [3.05, 3.63) is 71.2 Å². The summed E-state index contributed by atoms with van der Waals surface area (Å²) in [5, 5.41) is 16.9. The molecule has 5 aromatic rings. The second-order valence-corrected chi connectivity index (χ2v) is 7.52. The highest BCUT2D eigenvalue weighted by Crippen LogP contribution is 2.30.